The van der Waals surface area contributed by atoms with Crippen molar-refractivity contribution in [3.05, 3.63) is 35.4 Å². The van der Waals surface area contributed by atoms with E-state index in [1.54, 1.807) is 11.1 Å². The lowest BCUT2D eigenvalue weighted by atomic mass is 9.87. The second-order valence-electron chi connectivity index (χ2n) is 6.12. The van der Waals surface area contributed by atoms with Crippen molar-refractivity contribution in [1.29, 1.82) is 0 Å². The summed E-state index contributed by atoms with van der Waals surface area (Å²) in [6.45, 7) is 5.67. The third-order valence-corrected chi connectivity index (χ3v) is 5.55. The molecule has 2 heteroatoms. The molecule has 0 saturated heterocycles. The molecule has 21 heavy (non-hydrogen) atoms. The van der Waals surface area contributed by atoms with Gasteiger partial charge in [-0.05, 0) is 73.6 Å². The van der Waals surface area contributed by atoms with Gasteiger partial charge >= 0.3 is 0 Å². The van der Waals surface area contributed by atoms with E-state index in [0.29, 0.717) is 6.04 Å². The number of benzene rings is 1. The minimum absolute atomic E-state index is 0.579. The molecule has 0 spiro atoms. The Morgan fingerprint density at radius 3 is 2.90 bits per heavy atom. The van der Waals surface area contributed by atoms with Gasteiger partial charge in [0.2, 0.25) is 0 Å². The normalized spacial score (nSPS) is 21.8. The second kappa shape index (κ2) is 9.53. The molecule has 2 rings (SSSR count). The molecule has 118 valence electrons. The SMILES string of the molecule is CCCNC1c2ccccc2CCCC1CCCSCC. The van der Waals surface area contributed by atoms with Gasteiger partial charge in [0.1, 0.15) is 0 Å². The molecule has 0 radical (unpaired) electrons. The zero-order valence-electron chi connectivity index (χ0n) is 13.7. The van der Waals surface area contributed by atoms with Gasteiger partial charge in [0.15, 0.2) is 0 Å². The zero-order valence-corrected chi connectivity index (χ0v) is 14.6. The van der Waals surface area contributed by atoms with Crippen molar-refractivity contribution in [2.75, 3.05) is 18.1 Å². The molecule has 1 nitrogen and oxygen atoms in total. The first-order valence-corrected chi connectivity index (χ1v) is 9.91. The molecule has 0 amide bonds. The summed E-state index contributed by atoms with van der Waals surface area (Å²) < 4.78 is 0. The Balaban J connectivity index is 2.06. The molecular formula is C19H31NS. The number of aryl methyl sites for hydroxylation is 1. The molecule has 1 aromatic rings. The molecule has 1 aliphatic carbocycles. The molecule has 0 heterocycles. The fourth-order valence-corrected chi connectivity index (χ4v) is 4.18. The summed E-state index contributed by atoms with van der Waals surface area (Å²) in [6, 6.07) is 9.70. The van der Waals surface area contributed by atoms with Crippen LogP contribution >= 0.6 is 11.8 Å². The molecule has 1 aliphatic rings. The van der Waals surface area contributed by atoms with Crippen LogP contribution < -0.4 is 5.32 Å². The Bertz CT molecular complexity index is 404. The lowest BCUT2D eigenvalue weighted by Crippen LogP contribution is -2.29. The van der Waals surface area contributed by atoms with Crippen LogP contribution in [0.1, 0.15) is 63.1 Å². The highest BCUT2D eigenvalue weighted by Crippen LogP contribution is 2.36. The lowest BCUT2D eigenvalue weighted by Gasteiger charge is -2.28. The van der Waals surface area contributed by atoms with Crippen molar-refractivity contribution in [3.63, 3.8) is 0 Å². The van der Waals surface area contributed by atoms with Crippen LogP contribution in [0.15, 0.2) is 24.3 Å². The number of nitrogens with one attached hydrogen (secondary N) is 1. The van der Waals surface area contributed by atoms with E-state index in [2.05, 4.69) is 55.2 Å². The summed E-state index contributed by atoms with van der Waals surface area (Å²) in [5.74, 6) is 3.40. The molecular weight excluding hydrogens is 274 g/mol. The summed E-state index contributed by atoms with van der Waals surface area (Å²) in [7, 11) is 0. The monoisotopic (exact) mass is 305 g/mol. The number of thioether (sulfide) groups is 1. The third kappa shape index (κ3) is 5.03. The van der Waals surface area contributed by atoms with E-state index < -0.39 is 0 Å². The predicted octanol–water partition coefficient (Wildman–Crippen LogP) is 5.21. The molecule has 1 N–H and O–H groups in total. The van der Waals surface area contributed by atoms with Crippen molar-refractivity contribution in [2.24, 2.45) is 5.92 Å². The van der Waals surface area contributed by atoms with E-state index in [0.717, 1.165) is 12.5 Å². The van der Waals surface area contributed by atoms with Crippen LogP contribution in [0.4, 0.5) is 0 Å². The van der Waals surface area contributed by atoms with Gasteiger partial charge in [-0.2, -0.15) is 11.8 Å². The van der Waals surface area contributed by atoms with E-state index in [1.165, 1.54) is 50.0 Å². The highest BCUT2D eigenvalue weighted by Gasteiger charge is 2.26. The topological polar surface area (TPSA) is 12.0 Å². The van der Waals surface area contributed by atoms with Gasteiger partial charge in [-0.1, -0.05) is 38.1 Å². The molecule has 0 bridgehead atoms. The quantitative estimate of drug-likeness (QED) is 0.522. The summed E-state index contributed by atoms with van der Waals surface area (Å²) in [5, 5.41) is 3.85. The van der Waals surface area contributed by atoms with Crippen LogP contribution in [0.25, 0.3) is 0 Å². The number of rotatable bonds is 8. The average molecular weight is 306 g/mol. The van der Waals surface area contributed by atoms with E-state index >= 15 is 0 Å². The summed E-state index contributed by atoms with van der Waals surface area (Å²) in [4.78, 5) is 0. The van der Waals surface area contributed by atoms with Crippen molar-refractivity contribution in [3.8, 4) is 0 Å². The molecule has 0 aliphatic heterocycles. The maximum atomic E-state index is 3.85. The van der Waals surface area contributed by atoms with Gasteiger partial charge in [-0.25, -0.2) is 0 Å². The van der Waals surface area contributed by atoms with Crippen LogP contribution in [0.3, 0.4) is 0 Å². The standard InChI is InChI=1S/C19H31NS/c1-3-14-20-19-17(12-8-15-21-4-2)11-7-10-16-9-5-6-13-18(16)19/h5-6,9,13,17,19-20H,3-4,7-8,10-12,14-15H2,1-2H3. The highest BCUT2D eigenvalue weighted by atomic mass is 32.2. The van der Waals surface area contributed by atoms with Crippen LogP contribution in [0.2, 0.25) is 0 Å². The van der Waals surface area contributed by atoms with Gasteiger partial charge in [0.05, 0.1) is 0 Å². The minimum Gasteiger partial charge on any atom is -0.310 e. The first-order valence-electron chi connectivity index (χ1n) is 8.75. The Hall–Kier alpha value is -0.470. The van der Waals surface area contributed by atoms with Crippen molar-refractivity contribution >= 4 is 11.8 Å². The Labute approximate surface area is 135 Å². The smallest absolute Gasteiger partial charge is 0.0351 e. The molecule has 1 aromatic carbocycles. The average Bonchev–Trinajstić information content (AvgIpc) is 2.69. The number of hydrogen-bond acceptors (Lipinski definition) is 2. The molecule has 2 unspecified atom stereocenters. The van der Waals surface area contributed by atoms with Gasteiger partial charge in [-0.3, -0.25) is 0 Å². The third-order valence-electron chi connectivity index (χ3n) is 4.56. The maximum absolute atomic E-state index is 3.85. The first kappa shape index (κ1) is 16.9. The zero-order chi connectivity index (χ0) is 14.9. The van der Waals surface area contributed by atoms with Crippen molar-refractivity contribution in [1.82, 2.24) is 5.32 Å². The molecule has 0 aromatic heterocycles. The van der Waals surface area contributed by atoms with Gasteiger partial charge in [0, 0.05) is 6.04 Å². The Morgan fingerprint density at radius 1 is 1.24 bits per heavy atom. The van der Waals surface area contributed by atoms with Crippen molar-refractivity contribution in [2.45, 2.75) is 58.4 Å². The van der Waals surface area contributed by atoms with E-state index in [-0.39, 0.29) is 0 Å². The van der Waals surface area contributed by atoms with E-state index in [9.17, 15) is 0 Å². The van der Waals surface area contributed by atoms with Gasteiger partial charge < -0.3 is 5.32 Å². The van der Waals surface area contributed by atoms with E-state index in [1.807, 2.05) is 0 Å². The van der Waals surface area contributed by atoms with Gasteiger partial charge in [0.25, 0.3) is 0 Å². The van der Waals surface area contributed by atoms with Crippen molar-refractivity contribution < 1.29 is 0 Å². The summed E-state index contributed by atoms with van der Waals surface area (Å²) in [6.07, 6.45) is 7.97. The Morgan fingerprint density at radius 2 is 2.10 bits per heavy atom. The largest absolute Gasteiger partial charge is 0.310 e. The van der Waals surface area contributed by atoms with Crippen LogP contribution in [-0.2, 0) is 6.42 Å². The first-order chi connectivity index (χ1) is 10.4. The molecule has 0 saturated carbocycles. The van der Waals surface area contributed by atoms with Crippen LogP contribution in [0, 0.1) is 5.92 Å². The lowest BCUT2D eigenvalue weighted by molar-refractivity contribution is 0.322. The number of hydrogen-bond donors (Lipinski definition) is 1. The Kier molecular flexibility index (Phi) is 7.66. The summed E-state index contributed by atoms with van der Waals surface area (Å²) >= 11 is 2.09. The van der Waals surface area contributed by atoms with Crippen LogP contribution in [0.5, 0.6) is 0 Å². The maximum Gasteiger partial charge on any atom is 0.0351 e. The molecule has 0 fully saturated rings. The fourth-order valence-electron chi connectivity index (χ4n) is 3.52. The number of fused-ring (bicyclic) bond motifs is 1. The highest BCUT2D eigenvalue weighted by molar-refractivity contribution is 7.99. The second-order valence-corrected chi connectivity index (χ2v) is 7.52. The summed E-state index contributed by atoms with van der Waals surface area (Å²) in [5.41, 5.74) is 3.16. The molecule has 2 atom stereocenters. The minimum atomic E-state index is 0.579. The predicted molar refractivity (Wildman–Crippen MR) is 96.1 cm³/mol. The van der Waals surface area contributed by atoms with Crippen LogP contribution in [-0.4, -0.2) is 18.1 Å². The fraction of sp³-hybridized carbons (Fsp3) is 0.684. The van der Waals surface area contributed by atoms with Gasteiger partial charge in [-0.15, -0.1) is 0 Å². The van der Waals surface area contributed by atoms with E-state index in [4.69, 9.17) is 0 Å².